The molecule has 0 aromatic heterocycles. The highest BCUT2D eigenvalue weighted by molar-refractivity contribution is 8.18. The van der Waals surface area contributed by atoms with Gasteiger partial charge in [-0.1, -0.05) is 25.2 Å². The molecule has 0 amide bonds. The molecule has 1 aliphatic rings. The number of hydrogen-bond donors (Lipinski definition) is 0. The molecule has 2 nitrogen and oxygen atoms in total. The molecule has 0 saturated carbocycles. The molecule has 0 aromatic carbocycles. The molecular formula is C19H36O2S2Si. The summed E-state index contributed by atoms with van der Waals surface area (Å²) in [4.78, 5) is 12.4. The third kappa shape index (κ3) is 8.48. The minimum atomic E-state index is -1.19. The molecule has 0 unspecified atom stereocenters. The van der Waals surface area contributed by atoms with E-state index in [9.17, 15) is 4.79 Å². The predicted molar refractivity (Wildman–Crippen MR) is 114 cm³/mol. The smallest absolute Gasteiger partial charge is 0.311 e. The van der Waals surface area contributed by atoms with Crippen LogP contribution in [0.5, 0.6) is 0 Å². The van der Waals surface area contributed by atoms with Crippen LogP contribution in [0.1, 0.15) is 47.0 Å². The monoisotopic (exact) mass is 388 g/mol. The number of thioether (sulfide) groups is 2. The third-order valence-electron chi connectivity index (χ3n) is 3.88. The van der Waals surface area contributed by atoms with Gasteiger partial charge in [-0.2, -0.15) is 0 Å². The number of ether oxygens (including phenoxy) is 1. The molecule has 1 saturated heterocycles. The molecule has 0 bridgehead atoms. The minimum absolute atomic E-state index is 0.0522. The maximum atomic E-state index is 12.4. The highest BCUT2D eigenvalue weighted by Crippen LogP contribution is 2.46. The van der Waals surface area contributed by atoms with Gasteiger partial charge in [0.2, 0.25) is 0 Å². The third-order valence-corrected chi connectivity index (χ3v) is 8.69. The first-order valence-corrected chi connectivity index (χ1v) is 14.6. The van der Waals surface area contributed by atoms with Crippen LogP contribution < -0.4 is 0 Å². The fourth-order valence-electron chi connectivity index (χ4n) is 2.84. The van der Waals surface area contributed by atoms with Crippen molar-refractivity contribution in [3.05, 3.63) is 12.2 Å². The van der Waals surface area contributed by atoms with E-state index in [4.69, 9.17) is 4.74 Å². The number of carbonyl (C=O) groups excluding carboxylic acids is 1. The second-order valence-electron chi connectivity index (χ2n) is 9.36. The quantitative estimate of drug-likeness (QED) is 0.294. The number of hydrogen-bond acceptors (Lipinski definition) is 4. The van der Waals surface area contributed by atoms with Gasteiger partial charge in [-0.05, 0) is 51.7 Å². The molecular weight excluding hydrogens is 352 g/mol. The standard InChI is InChI=1S/C19H36O2S2Si/c1-15(14-24(6,7)8)12-16(21-17(20)18(2,3)4)13-19(5)22-10-9-11-23-19/h16H,1,9-14H2,2-8H3/t16-/m1/s1. The number of carbonyl (C=O) groups is 1. The molecule has 24 heavy (non-hydrogen) atoms. The molecule has 1 heterocycles. The first kappa shape index (κ1) is 22.2. The lowest BCUT2D eigenvalue weighted by atomic mass is 9.97. The summed E-state index contributed by atoms with van der Waals surface area (Å²) in [5.41, 5.74) is 0.793. The first-order valence-electron chi connectivity index (χ1n) is 8.96. The zero-order chi connectivity index (χ0) is 18.6. The zero-order valence-electron chi connectivity index (χ0n) is 16.7. The van der Waals surface area contributed by atoms with Gasteiger partial charge < -0.3 is 4.74 Å². The van der Waals surface area contributed by atoms with E-state index in [2.05, 4.69) is 33.1 Å². The van der Waals surface area contributed by atoms with Crippen LogP contribution in [0, 0.1) is 5.41 Å². The van der Waals surface area contributed by atoms with E-state index in [1.165, 1.54) is 23.5 Å². The molecule has 1 rings (SSSR count). The maximum absolute atomic E-state index is 12.4. The van der Waals surface area contributed by atoms with Gasteiger partial charge >= 0.3 is 5.97 Å². The van der Waals surface area contributed by atoms with Crippen LogP contribution in [-0.2, 0) is 9.53 Å². The van der Waals surface area contributed by atoms with Crippen molar-refractivity contribution >= 4 is 37.6 Å². The van der Waals surface area contributed by atoms with Gasteiger partial charge in [0.25, 0.3) is 0 Å². The summed E-state index contributed by atoms with van der Waals surface area (Å²) in [5.74, 6) is 2.32. The van der Waals surface area contributed by atoms with Crippen LogP contribution in [0.4, 0.5) is 0 Å². The van der Waals surface area contributed by atoms with E-state index in [1.807, 2.05) is 44.3 Å². The van der Waals surface area contributed by atoms with Gasteiger partial charge in [-0.15, -0.1) is 30.1 Å². The van der Waals surface area contributed by atoms with Crippen molar-refractivity contribution in [3.8, 4) is 0 Å². The van der Waals surface area contributed by atoms with Gasteiger partial charge in [0, 0.05) is 20.9 Å². The summed E-state index contributed by atoms with van der Waals surface area (Å²) in [6.07, 6.45) is 2.95. The Morgan fingerprint density at radius 3 is 2.25 bits per heavy atom. The Labute approximate surface area is 159 Å². The SMILES string of the molecule is C=C(C[C@H](CC1(C)SCCCS1)OC(=O)C(C)(C)C)C[Si](C)(C)C. The summed E-state index contributed by atoms with van der Waals surface area (Å²) in [6, 6.07) is 1.10. The Kier molecular flexibility index (Phi) is 8.01. The van der Waals surface area contributed by atoms with Gasteiger partial charge in [-0.25, -0.2) is 0 Å². The van der Waals surface area contributed by atoms with E-state index >= 15 is 0 Å². The lowest BCUT2D eigenvalue weighted by Crippen LogP contribution is -2.34. The van der Waals surface area contributed by atoms with Crippen molar-refractivity contribution in [1.82, 2.24) is 0 Å². The van der Waals surface area contributed by atoms with E-state index < -0.39 is 13.5 Å². The lowest BCUT2D eigenvalue weighted by molar-refractivity contribution is -0.158. The molecule has 0 spiro atoms. The van der Waals surface area contributed by atoms with Crippen molar-refractivity contribution in [3.63, 3.8) is 0 Å². The van der Waals surface area contributed by atoms with Crippen LogP contribution in [0.25, 0.3) is 0 Å². The van der Waals surface area contributed by atoms with Crippen LogP contribution in [-0.4, -0.2) is 35.7 Å². The molecule has 1 atom stereocenters. The lowest BCUT2D eigenvalue weighted by Gasteiger charge is -2.36. The van der Waals surface area contributed by atoms with Gasteiger partial charge in [0.15, 0.2) is 0 Å². The van der Waals surface area contributed by atoms with Gasteiger partial charge in [0.05, 0.1) is 9.49 Å². The molecule has 0 aliphatic carbocycles. The number of esters is 1. The largest absolute Gasteiger partial charge is 0.462 e. The molecule has 1 aliphatic heterocycles. The Bertz CT molecular complexity index is 443. The molecule has 1 fully saturated rings. The van der Waals surface area contributed by atoms with E-state index in [0.29, 0.717) is 0 Å². The topological polar surface area (TPSA) is 26.3 Å². The van der Waals surface area contributed by atoms with Gasteiger partial charge in [-0.3, -0.25) is 4.79 Å². The van der Waals surface area contributed by atoms with Crippen LogP contribution in [0.2, 0.25) is 25.7 Å². The number of rotatable bonds is 7. The molecule has 5 heteroatoms. The van der Waals surface area contributed by atoms with Crippen molar-refractivity contribution in [2.75, 3.05) is 11.5 Å². The Balaban J connectivity index is 2.78. The highest BCUT2D eigenvalue weighted by atomic mass is 32.2. The summed E-state index contributed by atoms with van der Waals surface area (Å²) in [6.45, 7) is 19.5. The van der Waals surface area contributed by atoms with Gasteiger partial charge in [0.1, 0.15) is 6.10 Å². The second-order valence-corrected chi connectivity index (χ2v) is 18.3. The molecule has 140 valence electrons. The minimum Gasteiger partial charge on any atom is -0.462 e. The van der Waals surface area contributed by atoms with Crippen molar-refractivity contribution < 1.29 is 9.53 Å². The first-order chi connectivity index (χ1) is 10.8. The normalized spacial score (nSPS) is 19.6. The summed E-state index contributed by atoms with van der Waals surface area (Å²) in [5, 5.41) is 0. The predicted octanol–water partition coefficient (Wildman–Crippen LogP) is 6.21. The average molecular weight is 389 g/mol. The summed E-state index contributed by atoms with van der Waals surface area (Å²) < 4.78 is 6.11. The van der Waals surface area contributed by atoms with Crippen molar-refractivity contribution in [2.24, 2.45) is 5.41 Å². The van der Waals surface area contributed by atoms with Crippen LogP contribution in [0.15, 0.2) is 12.2 Å². The average Bonchev–Trinajstić information content (AvgIpc) is 2.35. The fourth-order valence-corrected chi connectivity index (χ4v) is 7.54. The molecule has 0 N–H and O–H groups in total. The summed E-state index contributed by atoms with van der Waals surface area (Å²) >= 11 is 4.04. The summed E-state index contributed by atoms with van der Waals surface area (Å²) in [7, 11) is -1.19. The second kappa shape index (κ2) is 8.68. The molecule has 0 aromatic rings. The fraction of sp³-hybridized carbons (Fsp3) is 0.842. The highest BCUT2D eigenvalue weighted by Gasteiger charge is 2.35. The van der Waals surface area contributed by atoms with E-state index in [0.717, 1.165) is 18.9 Å². The van der Waals surface area contributed by atoms with E-state index in [1.54, 1.807) is 0 Å². The van der Waals surface area contributed by atoms with Crippen molar-refractivity contribution in [2.45, 2.75) is 82.8 Å². The van der Waals surface area contributed by atoms with Crippen LogP contribution >= 0.6 is 23.5 Å². The maximum Gasteiger partial charge on any atom is 0.311 e. The Morgan fingerprint density at radius 1 is 1.25 bits per heavy atom. The van der Waals surface area contributed by atoms with Crippen LogP contribution in [0.3, 0.4) is 0 Å². The Hall–Kier alpha value is 0.127. The molecule has 0 radical (unpaired) electrons. The van der Waals surface area contributed by atoms with Crippen molar-refractivity contribution in [1.29, 1.82) is 0 Å². The van der Waals surface area contributed by atoms with E-state index in [-0.39, 0.29) is 16.2 Å². The zero-order valence-corrected chi connectivity index (χ0v) is 19.3. The Morgan fingerprint density at radius 2 is 1.79 bits per heavy atom.